The van der Waals surface area contributed by atoms with E-state index in [0.29, 0.717) is 25.4 Å². The Bertz CT molecular complexity index is 317. The van der Waals surface area contributed by atoms with E-state index in [2.05, 4.69) is 20.9 Å². The Balaban J connectivity index is 2.43. The second-order valence-corrected chi connectivity index (χ2v) is 6.46. The molecule has 16 heavy (non-hydrogen) atoms. The summed E-state index contributed by atoms with van der Waals surface area (Å²) < 4.78 is 11.0. The fraction of sp³-hybridized carbons (Fsp3) is 0.600. The Hall–Kier alpha value is -0.330. The van der Waals surface area contributed by atoms with Gasteiger partial charge in [0.25, 0.3) is 0 Å². The van der Waals surface area contributed by atoms with Crippen LogP contribution in [0.4, 0.5) is 0 Å². The zero-order chi connectivity index (χ0) is 12.0. The first kappa shape index (κ1) is 13.7. The molecule has 0 aromatic rings. The molecule has 1 rings (SSSR count). The smallest absolute Gasteiger partial charge is 0.306 e. The Kier molecular flexibility index (Phi) is 6.08. The number of esters is 1. The van der Waals surface area contributed by atoms with Gasteiger partial charge in [0.05, 0.1) is 28.5 Å². The van der Waals surface area contributed by atoms with Crippen LogP contribution >= 0.6 is 26.8 Å². The van der Waals surface area contributed by atoms with E-state index in [1.807, 2.05) is 5.55 Å². The van der Waals surface area contributed by atoms with E-state index in [1.165, 1.54) is 0 Å². The Labute approximate surface area is 107 Å². The van der Waals surface area contributed by atoms with Crippen LogP contribution in [-0.2, 0) is 14.3 Å². The molecule has 0 fully saturated rings. The summed E-state index contributed by atoms with van der Waals surface area (Å²) in [7, 11) is 1.22. The highest BCUT2D eigenvalue weighted by Gasteiger charge is 2.17. The topological polar surface area (TPSA) is 47.9 Å². The number of methoxy groups -OCH3 is 1. The van der Waals surface area contributed by atoms with Crippen molar-refractivity contribution in [2.75, 3.05) is 19.7 Å². The first-order chi connectivity index (χ1) is 7.69. The third-order valence-corrected chi connectivity index (χ3v) is 5.50. The third kappa shape index (κ3) is 3.92. The number of rotatable bonds is 6. The van der Waals surface area contributed by atoms with Gasteiger partial charge in [-0.05, 0) is 22.9 Å². The first-order valence-corrected chi connectivity index (χ1v) is 7.42. The normalized spacial score (nSPS) is 21.6. The molecule has 1 unspecified atom stereocenters. The maximum absolute atomic E-state index is 11.2. The highest BCUT2D eigenvalue weighted by molar-refractivity contribution is 9.14. The molecule has 0 saturated carbocycles. The molecule has 0 saturated heterocycles. The number of halogens is 1. The molecule has 0 radical (unpaired) electrons. The van der Waals surface area contributed by atoms with Gasteiger partial charge in [-0.1, -0.05) is 0 Å². The zero-order valence-electron chi connectivity index (χ0n) is 9.40. The van der Waals surface area contributed by atoms with Crippen LogP contribution in [0.15, 0.2) is 14.5 Å². The summed E-state index contributed by atoms with van der Waals surface area (Å²) in [4.78, 5) is 15.5. The summed E-state index contributed by atoms with van der Waals surface area (Å²) in [5.74, 6) is 0.496. The van der Waals surface area contributed by atoms with Gasteiger partial charge in [-0.3, -0.25) is 9.79 Å². The maximum Gasteiger partial charge on any atom is 0.306 e. The predicted molar refractivity (Wildman–Crippen MR) is 71.2 cm³/mol. The van der Waals surface area contributed by atoms with Gasteiger partial charge in [0.15, 0.2) is 0 Å². The van der Waals surface area contributed by atoms with E-state index < -0.39 is 10.9 Å². The van der Waals surface area contributed by atoms with Crippen LogP contribution < -0.4 is 0 Å². The number of carbonyl (C=O) groups excluding carboxylic acids is 1. The Morgan fingerprint density at radius 2 is 2.38 bits per heavy atom. The van der Waals surface area contributed by atoms with Crippen LogP contribution in [0.2, 0.25) is 0 Å². The third-order valence-electron chi connectivity index (χ3n) is 1.98. The van der Waals surface area contributed by atoms with Crippen LogP contribution in [0.25, 0.3) is 0 Å². The lowest BCUT2D eigenvalue weighted by Gasteiger charge is -2.10. The largest absolute Gasteiger partial charge is 0.466 e. The lowest BCUT2D eigenvalue weighted by molar-refractivity contribution is -0.143. The van der Waals surface area contributed by atoms with Crippen molar-refractivity contribution in [3.05, 3.63) is 9.51 Å². The SMILES string of the molecule is CCOC(=O)CCC1=C(Br)[SH](COC)C=N1. The average Bonchev–Trinajstić information content (AvgIpc) is 2.59. The molecular weight excluding hydrogens is 294 g/mol. The molecule has 0 aliphatic carbocycles. The monoisotopic (exact) mass is 309 g/mol. The summed E-state index contributed by atoms with van der Waals surface area (Å²) in [6.07, 6.45) is 1.00. The van der Waals surface area contributed by atoms with Crippen LogP contribution in [-0.4, -0.2) is 31.2 Å². The van der Waals surface area contributed by atoms with Crippen LogP contribution in [0.5, 0.6) is 0 Å². The number of nitrogens with zero attached hydrogens (tertiary/aromatic N) is 1. The number of hydrogen-bond donors (Lipinski definition) is 1. The van der Waals surface area contributed by atoms with Crippen LogP contribution in [0.1, 0.15) is 19.8 Å². The van der Waals surface area contributed by atoms with E-state index in [-0.39, 0.29) is 5.97 Å². The molecule has 1 heterocycles. The minimum absolute atomic E-state index is 0.173. The van der Waals surface area contributed by atoms with Gasteiger partial charge in [-0.25, -0.2) is 0 Å². The van der Waals surface area contributed by atoms with Crippen molar-refractivity contribution in [2.24, 2.45) is 4.99 Å². The molecule has 1 aliphatic rings. The molecule has 1 atom stereocenters. The predicted octanol–water partition coefficient (Wildman–Crippen LogP) is 2.54. The van der Waals surface area contributed by atoms with Crippen LogP contribution in [0, 0.1) is 0 Å². The second kappa shape index (κ2) is 7.09. The molecular formula is C10H16BrNO3S. The standard InChI is InChI=1S/C10H16BrNO3S/c1-3-15-9(13)5-4-8-10(11)16(6-12-8)7-14-2/h6,16H,3-5,7H2,1-2H3. The Morgan fingerprint density at radius 1 is 1.62 bits per heavy atom. The minimum atomic E-state index is -0.454. The van der Waals surface area contributed by atoms with E-state index in [4.69, 9.17) is 9.47 Å². The van der Waals surface area contributed by atoms with Gasteiger partial charge >= 0.3 is 5.97 Å². The second-order valence-electron chi connectivity index (χ2n) is 3.17. The quantitative estimate of drug-likeness (QED) is 0.606. The molecule has 0 aromatic heterocycles. The lowest BCUT2D eigenvalue weighted by Crippen LogP contribution is -2.03. The van der Waals surface area contributed by atoms with E-state index in [0.717, 1.165) is 9.51 Å². The van der Waals surface area contributed by atoms with Crippen molar-refractivity contribution in [1.82, 2.24) is 0 Å². The highest BCUT2D eigenvalue weighted by atomic mass is 79.9. The van der Waals surface area contributed by atoms with Crippen molar-refractivity contribution >= 4 is 38.3 Å². The zero-order valence-corrected chi connectivity index (χ0v) is 11.9. The van der Waals surface area contributed by atoms with E-state index in [1.54, 1.807) is 14.0 Å². The molecule has 0 spiro atoms. The minimum Gasteiger partial charge on any atom is -0.466 e. The number of carbonyl (C=O) groups is 1. The maximum atomic E-state index is 11.2. The fourth-order valence-corrected chi connectivity index (χ4v) is 3.48. The molecule has 0 amide bonds. The van der Waals surface area contributed by atoms with Crippen molar-refractivity contribution in [1.29, 1.82) is 0 Å². The average molecular weight is 310 g/mol. The number of thiol groups is 1. The summed E-state index contributed by atoms with van der Waals surface area (Å²) >= 11 is 3.51. The lowest BCUT2D eigenvalue weighted by atomic mass is 10.2. The summed E-state index contributed by atoms with van der Waals surface area (Å²) in [6, 6.07) is 0. The molecule has 0 aromatic carbocycles. The number of hydrogen-bond acceptors (Lipinski definition) is 4. The summed E-state index contributed by atoms with van der Waals surface area (Å²) in [5, 5.41) is 0. The van der Waals surface area contributed by atoms with Crippen molar-refractivity contribution < 1.29 is 14.3 Å². The molecule has 92 valence electrons. The molecule has 6 heteroatoms. The summed E-state index contributed by atoms with van der Waals surface area (Å²) in [5.41, 5.74) is 2.85. The highest BCUT2D eigenvalue weighted by Crippen LogP contribution is 2.45. The van der Waals surface area contributed by atoms with E-state index in [9.17, 15) is 4.79 Å². The number of ether oxygens (including phenoxy) is 2. The van der Waals surface area contributed by atoms with Gasteiger partial charge < -0.3 is 9.47 Å². The van der Waals surface area contributed by atoms with E-state index >= 15 is 0 Å². The fourth-order valence-electron chi connectivity index (χ4n) is 1.26. The Morgan fingerprint density at radius 3 is 3.00 bits per heavy atom. The molecule has 0 bridgehead atoms. The van der Waals surface area contributed by atoms with Crippen LogP contribution in [0.3, 0.4) is 0 Å². The van der Waals surface area contributed by atoms with Crippen molar-refractivity contribution in [3.63, 3.8) is 0 Å². The van der Waals surface area contributed by atoms with Gasteiger partial charge in [-0.2, -0.15) is 10.9 Å². The van der Waals surface area contributed by atoms with Gasteiger partial charge in [0.1, 0.15) is 0 Å². The molecule has 1 aliphatic heterocycles. The number of aliphatic imine (C=N–C) groups is 1. The molecule has 0 N–H and O–H groups in total. The first-order valence-electron chi connectivity index (χ1n) is 5.03. The number of allylic oxidation sites excluding steroid dienone is 1. The van der Waals surface area contributed by atoms with Gasteiger partial charge in [-0.15, -0.1) is 0 Å². The molecule has 4 nitrogen and oxygen atoms in total. The van der Waals surface area contributed by atoms with Crippen molar-refractivity contribution in [3.8, 4) is 0 Å². The summed E-state index contributed by atoms with van der Waals surface area (Å²) in [6.45, 7) is 2.23. The van der Waals surface area contributed by atoms with Gasteiger partial charge in [0.2, 0.25) is 0 Å². The van der Waals surface area contributed by atoms with Crippen molar-refractivity contribution in [2.45, 2.75) is 19.8 Å². The van der Waals surface area contributed by atoms with Gasteiger partial charge in [0, 0.05) is 19.1 Å².